The lowest BCUT2D eigenvalue weighted by Gasteiger charge is -2.05. The maximum atomic E-state index is 13.6. The summed E-state index contributed by atoms with van der Waals surface area (Å²) in [5.41, 5.74) is 0.971. The highest BCUT2D eigenvalue weighted by atomic mass is 32.1. The number of carboxylic acid groups (broad SMARTS) is 1. The van der Waals surface area contributed by atoms with Gasteiger partial charge in [0.2, 0.25) is 5.01 Å². The van der Waals surface area contributed by atoms with Gasteiger partial charge in [-0.05, 0) is 25.1 Å². The van der Waals surface area contributed by atoms with Crippen LogP contribution in [0.3, 0.4) is 0 Å². The Morgan fingerprint density at radius 2 is 2.33 bits per heavy atom. The molecule has 0 spiro atoms. The summed E-state index contributed by atoms with van der Waals surface area (Å²) in [7, 11) is 0. The molecule has 6 heteroatoms. The maximum absolute atomic E-state index is 13.6. The molecule has 94 valence electrons. The van der Waals surface area contributed by atoms with Crippen molar-refractivity contribution in [2.45, 2.75) is 6.92 Å². The van der Waals surface area contributed by atoms with E-state index < -0.39 is 11.8 Å². The van der Waals surface area contributed by atoms with Crippen molar-refractivity contribution < 1.29 is 19.0 Å². The molecule has 0 aliphatic rings. The van der Waals surface area contributed by atoms with Crippen LogP contribution in [0.4, 0.5) is 4.39 Å². The summed E-state index contributed by atoms with van der Waals surface area (Å²) in [6.07, 6.45) is 0. The van der Waals surface area contributed by atoms with Crippen LogP contribution in [-0.4, -0.2) is 22.7 Å². The van der Waals surface area contributed by atoms with Crippen molar-refractivity contribution in [1.82, 2.24) is 4.98 Å². The van der Waals surface area contributed by atoms with Gasteiger partial charge >= 0.3 is 5.97 Å². The maximum Gasteiger partial charge on any atom is 0.365 e. The number of halogens is 1. The Balaban J connectivity index is 2.33. The molecule has 18 heavy (non-hydrogen) atoms. The van der Waals surface area contributed by atoms with Gasteiger partial charge in [0.05, 0.1) is 12.3 Å². The van der Waals surface area contributed by atoms with E-state index >= 15 is 0 Å². The quantitative estimate of drug-likeness (QED) is 0.925. The fourth-order valence-electron chi connectivity index (χ4n) is 1.44. The number of hydrogen-bond donors (Lipinski definition) is 1. The Bertz CT molecular complexity index is 582. The van der Waals surface area contributed by atoms with Gasteiger partial charge in [-0.3, -0.25) is 0 Å². The Morgan fingerprint density at radius 3 is 2.89 bits per heavy atom. The molecule has 1 aromatic heterocycles. The predicted octanol–water partition coefficient (Wildman–Crippen LogP) is 3.05. The lowest BCUT2D eigenvalue weighted by atomic mass is 10.1. The number of aromatic carboxylic acids is 1. The second-order valence-corrected chi connectivity index (χ2v) is 4.28. The molecule has 0 amide bonds. The minimum atomic E-state index is -1.09. The average Bonchev–Trinajstić information content (AvgIpc) is 2.81. The summed E-state index contributed by atoms with van der Waals surface area (Å²) in [6.45, 7) is 2.16. The molecule has 1 heterocycles. The Labute approximate surface area is 107 Å². The van der Waals surface area contributed by atoms with Crippen LogP contribution in [0.15, 0.2) is 23.6 Å². The third-order valence-corrected chi connectivity index (χ3v) is 3.04. The molecule has 0 saturated carbocycles. The number of aromatic nitrogens is 1. The summed E-state index contributed by atoms with van der Waals surface area (Å²) in [5, 5.41) is 10.3. The molecule has 2 aromatic rings. The molecule has 0 aliphatic carbocycles. The van der Waals surface area contributed by atoms with Crippen LogP contribution in [-0.2, 0) is 0 Å². The highest BCUT2D eigenvalue weighted by molar-refractivity contribution is 7.11. The molecule has 0 unspecified atom stereocenters. The lowest BCUT2D eigenvalue weighted by molar-refractivity contribution is 0.0696. The number of hydrogen-bond acceptors (Lipinski definition) is 4. The van der Waals surface area contributed by atoms with E-state index in [9.17, 15) is 9.18 Å². The van der Waals surface area contributed by atoms with Gasteiger partial charge < -0.3 is 9.84 Å². The standard InChI is InChI=1S/C12H10FNO3S/c1-2-17-10-4-3-7(5-8(10)13)9-6-18-11(14-9)12(15)16/h3-6H,2H2,1H3,(H,15,16). The van der Waals surface area contributed by atoms with E-state index in [1.54, 1.807) is 18.4 Å². The van der Waals surface area contributed by atoms with Crippen LogP contribution in [0.2, 0.25) is 0 Å². The summed E-state index contributed by atoms with van der Waals surface area (Å²) in [6, 6.07) is 4.44. The van der Waals surface area contributed by atoms with Crippen molar-refractivity contribution in [2.75, 3.05) is 6.61 Å². The summed E-state index contributed by atoms with van der Waals surface area (Å²) >= 11 is 1.01. The Hall–Kier alpha value is -1.95. The number of rotatable bonds is 4. The van der Waals surface area contributed by atoms with E-state index in [1.165, 1.54) is 12.1 Å². The number of carbonyl (C=O) groups is 1. The van der Waals surface area contributed by atoms with Gasteiger partial charge in [0, 0.05) is 10.9 Å². The predicted molar refractivity (Wildman–Crippen MR) is 65.6 cm³/mol. The van der Waals surface area contributed by atoms with Gasteiger partial charge in [-0.15, -0.1) is 11.3 Å². The first kappa shape index (κ1) is 12.5. The van der Waals surface area contributed by atoms with Crippen molar-refractivity contribution >= 4 is 17.3 Å². The number of ether oxygens (including phenoxy) is 1. The SMILES string of the molecule is CCOc1ccc(-c2csc(C(=O)O)n2)cc1F. The van der Waals surface area contributed by atoms with E-state index in [0.29, 0.717) is 17.9 Å². The molecule has 4 nitrogen and oxygen atoms in total. The number of thiazole rings is 1. The van der Waals surface area contributed by atoms with Crippen molar-refractivity contribution in [1.29, 1.82) is 0 Å². The third kappa shape index (κ3) is 2.48. The number of benzene rings is 1. The van der Waals surface area contributed by atoms with E-state index in [-0.39, 0.29) is 10.8 Å². The van der Waals surface area contributed by atoms with Gasteiger partial charge in [-0.25, -0.2) is 14.2 Å². The van der Waals surface area contributed by atoms with Crippen LogP contribution >= 0.6 is 11.3 Å². The Kier molecular flexibility index (Phi) is 3.57. The van der Waals surface area contributed by atoms with Gasteiger partial charge in [-0.1, -0.05) is 0 Å². The highest BCUT2D eigenvalue weighted by Crippen LogP contribution is 2.26. The van der Waals surface area contributed by atoms with Crippen LogP contribution in [0.25, 0.3) is 11.3 Å². The Morgan fingerprint density at radius 1 is 1.56 bits per heavy atom. The molecule has 0 saturated heterocycles. The number of carboxylic acids is 1. The van der Waals surface area contributed by atoms with Crippen LogP contribution in [0.1, 0.15) is 16.7 Å². The normalized spacial score (nSPS) is 10.3. The van der Waals surface area contributed by atoms with Crippen molar-refractivity contribution in [3.05, 3.63) is 34.4 Å². The second kappa shape index (κ2) is 5.14. The first-order valence-electron chi connectivity index (χ1n) is 5.23. The molecule has 1 N–H and O–H groups in total. The van der Waals surface area contributed by atoms with E-state index in [4.69, 9.17) is 9.84 Å². The molecule has 0 bridgehead atoms. The summed E-state index contributed by atoms with van der Waals surface area (Å²) in [4.78, 5) is 14.6. The highest BCUT2D eigenvalue weighted by Gasteiger charge is 2.12. The lowest BCUT2D eigenvalue weighted by Crippen LogP contribution is -1.96. The molecule has 2 rings (SSSR count). The summed E-state index contributed by atoms with van der Waals surface area (Å²) in [5.74, 6) is -1.40. The van der Waals surface area contributed by atoms with Crippen molar-refractivity contribution in [2.24, 2.45) is 0 Å². The van der Waals surface area contributed by atoms with Gasteiger partial charge in [0.1, 0.15) is 0 Å². The van der Waals surface area contributed by atoms with E-state index in [0.717, 1.165) is 11.3 Å². The smallest absolute Gasteiger partial charge is 0.365 e. The molecule has 0 aliphatic heterocycles. The number of nitrogens with zero attached hydrogens (tertiary/aromatic N) is 1. The molecule has 0 fully saturated rings. The fourth-order valence-corrected chi connectivity index (χ4v) is 2.10. The minimum absolute atomic E-state index is 0.0145. The van der Waals surface area contributed by atoms with E-state index in [1.807, 2.05) is 0 Å². The molecule has 0 atom stereocenters. The molecular weight excluding hydrogens is 257 g/mol. The van der Waals surface area contributed by atoms with Crippen molar-refractivity contribution in [3.63, 3.8) is 0 Å². The topological polar surface area (TPSA) is 59.4 Å². The van der Waals surface area contributed by atoms with Crippen LogP contribution in [0, 0.1) is 5.82 Å². The van der Waals surface area contributed by atoms with Gasteiger partial charge in [0.15, 0.2) is 11.6 Å². The van der Waals surface area contributed by atoms with Gasteiger partial charge in [-0.2, -0.15) is 0 Å². The van der Waals surface area contributed by atoms with Crippen LogP contribution < -0.4 is 4.74 Å². The van der Waals surface area contributed by atoms with Gasteiger partial charge in [0.25, 0.3) is 0 Å². The third-order valence-electron chi connectivity index (χ3n) is 2.21. The molecule has 1 aromatic carbocycles. The second-order valence-electron chi connectivity index (χ2n) is 3.42. The fraction of sp³-hybridized carbons (Fsp3) is 0.167. The zero-order valence-electron chi connectivity index (χ0n) is 9.51. The average molecular weight is 267 g/mol. The first-order chi connectivity index (χ1) is 8.61. The van der Waals surface area contributed by atoms with E-state index in [2.05, 4.69) is 4.98 Å². The van der Waals surface area contributed by atoms with Crippen molar-refractivity contribution in [3.8, 4) is 17.0 Å². The minimum Gasteiger partial charge on any atom is -0.491 e. The molecular formula is C12H10FNO3S. The van der Waals surface area contributed by atoms with Crippen LogP contribution in [0.5, 0.6) is 5.75 Å². The largest absolute Gasteiger partial charge is 0.491 e. The zero-order valence-corrected chi connectivity index (χ0v) is 10.3. The summed E-state index contributed by atoms with van der Waals surface area (Å²) < 4.78 is 18.7. The monoisotopic (exact) mass is 267 g/mol. The molecule has 0 radical (unpaired) electrons. The first-order valence-corrected chi connectivity index (χ1v) is 6.11. The zero-order chi connectivity index (χ0) is 13.1.